The highest BCUT2D eigenvalue weighted by Gasteiger charge is 2.14. The van der Waals surface area contributed by atoms with Crippen molar-refractivity contribution in [2.45, 2.75) is 5.03 Å². The number of phenolic OH excluding ortho intramolecular Hbond substituents is 1. The molecule has 25 heavy (non-hydrogen) atoms. The molecule has 0 aliphatic rings. The number of carbonyl (C=O) groups is 1. The molecular formula is C18H13N3O3S. The molecule has 0 saturated heterocycles. The lowest BCUT2D eigenvalue weighted by molar-refractivity contribution is -0.113. The molecule has 124 valence electrons. The van der Waals surface area contributed by atoms with Gasteiger partial charge in [-0.3, -0.25) is 4.79 Å². The molecule has 0 fully saturated rings. The second kappa shape index (κ2) is 6.45. The molecule has 0 aliphatic heterocycles. The van der Waals surface area contributed by atoms with Crippen LogP contribution in [-0.2, 0) is 4.79 Å². The summed E-state index contributed by atoms with van der Waals surface area (Å²) in [7, 11) is 0. The molecule has 0 saturated carbocycles. The third-order valence-electron chi connectivity index (χ3n) is 3.62. The summed E-state index contributed by atoms with van der Waals surface area (Å²) in [6, 6.07) is 14.0. The Morgan fingerprint density at radius 1 is 1.12 bits per heavy atom. The van der Waals surface area contributed by atoms with Gasteiger partial charge in [0.05, 0.1) is 5.75 Å². The first-order valence-corrected chi connectivity index (χ1v) is 8.53. The van der Waals surface area contributed by atoms with Crippen LogP contribution in [0.1, 0.15) is 0 Å². The maximum Gasteiger partial charge on any atom is 0.234 e. The van der Waals surface area contributed by atoms with Crippen molar-refractivity contribution in [1.29, 1.82) is 0 Å². The first-order chi connectivity index (χ1) is 12.2. The molecule has 2 heterocycles. The monoisotopic (exact) mass is 351 g/mol. The number of hydrogen-bond acceptors (Lipinski definition) is 6. The molecule has 0 atom stereocenters. The molecule has 0 spiro atoms. The Bertz CT molecular complexity index is 1060. The second-order valence-corrected chi connectivity index (χ2v) is 6.30. The van der Waals surface area contributed by atoms with Crippen LogP contribution in [0.5, 0.6) is 5.75 Å². The van der Waals surface area contributed by atoms with E-state index in [1.807, 2.05) is 24.3 Å². The maximum absolute atomic E-state index is 12.1. The number of nitrogens with one attached hydrogen (secondary N) is 1. The van der Waals surface area contributed by atoms with E-state index < -0.39 is 0 Å². The van der Waals surface area contributed by atoms with Gasteiger partial charge in [-0.1, -0.05) is 23.9 Å². The van der Waals surface area contributed by atoms with E-state index in [1.165, 1.54) is 30.2 Å². The number of amides is 1. The summed E-state index contributed by atoms with van der Waals surface area (Å²) in [6.45, 7) is 0. The number of aromatic hydroxyl groups is 1. The van der Waals surface area contributed by atoms with Gasteiger partial charge in [0.2, 0.25) is 5.91 Å². The zero-order chi connectivity index (χ0) is 17.2. The Hall–Kier alpha value is -3.06. The van der Waals surface area contributed by atoms with Gasteiger partial charge in [-0.2, -0.15) is 0 Å². The summed E-state index contributed by atoms with van der Waals surface area (Å²) in [4.78, 5) is 20.6. The molecule has 7 heteroatoms. The second-order valence-electron chi connectivity index (χ2n) is 5.34. The molecule has 6 nitrogen and oxygen atoms in total. The minimum Gasteiger partial charge on any atom is -0.508 e. The van der Waals surface area contributed by atoms with Crippen LogP contribution in [0.4, 0.5) is 5.69 Å². The van der Waals surface area contributed by atoms with Gasteiger partial charge in [0.15, 0.2) is 5.58 Å². The summed E-state index contributed by atoms with van der Waals surface area (Å²) in [5.41, 5.74) is 2.70. The van der Waals surface area contributed by atoms with E-state index in [0.717, 1.165) is 16.5 Å². The van der Waals surface area contributed by atoms with E-state index in [9.17, 15) is 9.90 Å². The molecular weight excluding hydrogens is 338 g/mol. The Morgan fingerprint density at radius 2 is 1.92 bits per heavy atom. The normalized spacial score (nSPS) is 11.0. The summed E-state index contributed by atoms with van der Waals surface area (Å²) in [6.07, 6.45) is 1.48. The third kappa shape index (κ3) is 3.14. The minimum atomic E-state index is -0.168. The number of fused-ring (bicyclic) bond motifs is 3. The van der Waals surface area contributed by atoms with Gasteiger partial charge < -0.3 is 14.8 Å². The highest BCUT2D eigenvalue weighted by Crippen LogP contribution is 2.32. The molecule has 4 rings (SSSR count). The lowest BCUT2D eigenvalue weighted by atomic mass is 10.2. The topological polar surface area (TPSA) is 88.2 Å². The zero-order valence-electron chi connectivity index (χ0n) is 13.0. The van der Waals surface area contributed by atoms with Crippen molar-refractivity contribution < 1.29 is 14.3 Å². The standard InChI is InChI=1S/C18H13N3O3S/c22-12-7-5-11(6-8-12)21-15(23)9-25-18-17-16(19-10-20-18)13-3-1-2-4-14(13)24-17/h1-8,10,22H,9H2,(H,21,23). The highest BCUT2D eigenvalue weighted by atomic mass is 32.2. The van der Waals surface area contributed by atoms with Crippen LogP contribution >= 0.6 is 11.8 Å². The summed E-state index contributed by atoms with van der Waals surface area (Å²) < 4.78 is 5.84. The lowest BCUT2D eigenvalue weighted by Crippen LogP contribution is -2.13. The molecule has 0 aliphatic carbocycles. The number of nitrogens with zero attached hydrogens (tertiary/aromatic N) is 2. The first-order valence-electron chi connectivity index (χ1n) is 7.54. The average molecular weight is 351 g/mol. The molecule has 2 aromatic carbocycles. The van der Waals surface area contributed by atoms with Gasteiger partial charge >= 0.3 is 0 Å². The van der Waals surface area contributed by atoms with Crippen LogP contribution in [0.3, 0.4) is 0 Å². The van der Waals surface area contributed by atoms with Crippen LogP contribution in [-0.4, -0.2) is 26.7 Å². The van der Waals surface area contributed by atoms with Gasteiger partial charge in [0.25, 0.3) is 0 Å². The quantitative estimate of drug-likeness (QED) is 0.330. The highest BCUT2D eigenvalue weighted by molar-refractivity contribution is 8.00. The number of rotatable bonds is 4. The molecule has 4 aromatic rings. The molecule has 2 N–H and O–H groups in total. The van der Waals surface area contributed by atoms with Crippen molar-refractivity contribution in [3.05, 3.63) is 54.9 Å². The number of thioether (sulfide) groups is 1. The number of aromatic nitrogens is 2. The van der Waals surface area contributed by atoms with Gasteiger partial charge in [0.1, 0.15) is 28.2 Å². The largest absolute Gasteiger partial charge is 0.508 e. The summed E-state index contributed by atoms with van der Waals surface area (Å²) in [5.74, 6) is 0.170. The molecule has 1 amide bonds. The van der Waals surface area contributed by atoms with E-state index in [-0.39, 0.29) is 17.4 Å². The van der Waals surface area contributed by atoms with Crippen molar-refractivity contribution in [3.8, 4) is 5.75 Å². The van der Waals surface area contributed by atoms with Gasteiger partial charge in [-0.15, -0.1) is 0 Å². The Kier molecular flexibility index (Phi) is 3.99. The van der Waals surface area contributed by atoms with Crippen LogP contribution in [0.25, 0.3) is 22.1 Å². The third-order valence-corrected chi connectivity index (χ3v) is 4.59. The van der Waals surface area contributed by atoms with E-state index in [0.29, 0.717) is 16.3 Å². The Morgan fingerprint density at radius 3 is 2.76 bits per heavy atom. The van der Waals surface area contributed by atoms with E-state index in [1.54, 1.807) is 12.1 Å². The van der Waals surface area contributed by atoms with E-state index >= 15 is 0 Å². The van der Waals surface area contributed by atoms with Crippen LogP contribution in [0.15, 0.2) is 64.3 Å². The fraction of sp³-hybridized carbons (Fsp3) is 0.0556. The number of phenols is 1. The van der Waals surface area contributed by atoms with Gasteiger partial charge in [-0.25, -0.2) is 9.97 Å². The number of carbonyl (C=O) groups excluding carboxylic acids is 1. The van der Waals surface area contributed by atoms with Crippen molar-refractivity contribution in [1.82, 2.24) is 9.97 Å². The number of para-hydroxylation sites is 1. The Balaban J connectivity index is 1.52. The summed E-state index contributed by atoms with van der Waals surface area (Å²) >= 11 is 1.29. The first kappa shape index (κ1) is 15.5. The molecule has 0 unspecified atom stereocenters. The van der Waals surface area contributed by atoms with Crippen LogP contribution in [0.2, 0.25) is 0 Å². The number of furan rings is 1. The minimum absolute atomic E-state index is 0.153. The van der Waals surface area contributed by atoms with Crippen molar-refractivity contribution in [2.75, 3.05) is 11.1 Å². The predicted molar refractivity (Wildman–Crippen MR) is 96.8 cm³/mol. The Labute approximate surface area is 146 Å². The van der Waals surface area contributed by atoms with Crippen molar-refractivity contribution in [3.63, 3.8) is 0 Å². The van der Waals surface area contributed by atoms with E-state index in [2.05, 4.69) is 15.3 Å². The molecule has 2 aromatic heterocycles. The average Bonchev–Trinajstić information content (AvgIpc) is 3.01. The SMILES string of the molecule is O=C(CSc1ncnc2c1oc1ccccc12)Nc1ccc(O)cc1. The lowest BCUT2D eigenvalue weighted by Gasteiger charge is -2.05. The van der Waals surface area contributed by atoms with E-state index in [4.69, 9.17) is 4.42 Å². The number of benzene rings is 2. The summed E-state index contributed by atoms with van der Waals surface area (Å²) in [5, 5.41) is 13.6. The predicted octanol–water partition coefficient (Wildman–Crippen LogP) is 3.81. The smallest absolute Gasteiger partial charge is 0.234 e. The van der Waals surface area contributed by atoms with Crippen LogP contribution < -0.4 is 5.32 Å². The fourth-order valence-electron chi connectivity index (χ4n) is 2.48. The van der Waals surface area contributed by atoms with Crippen molar-refractivity contribution in [2.24, 2.45) is 0 Å². The molecule has 0 radical (unpaired) electrons. The zero-order valence-corrected chi connectivity index (χ0v) is 13.8. The number of hydrogen-bond donors (Lipinski definition) is 2. The van der Waals surface area contributed by atoms with Gasteiger partial charge in [0, 0.05) is 11.1 Å². The number of anilines is 1. The fourth-order valence-corrected chi connectivity index (χ4v) is 3.21. The maximum atomic E-state index is 12.1. The van der Waals surface area contributed by atoms with Crippen LogP contribution in [0, 0.1) is 0 Å². The van der Waals surface area contributed by atoms with Gasteiger partial charge in [-0.05, 0) is 36.4 Å². The molecule has 0 bridgehead atoms. The van der Waals surface area contributed by atoms with Crippen molar-refractivity contribution >= 4 is 45.4 Å².